The van der Waals surface area contributed by atoms with Crippen LogP contribution in [-0.2, 0) is 0 Å². The fourth-order valence-electron chi connectivity index (χ4n) is 1.78. The van der Waals surface area contributed by atoms with Gasteiger partial charge in [-0.1, -0.05) is 18.3 Å². The molecule has 0 fully saturated rings. The van der Waals surface area contributed by atoms with Crippen LogP contribution in [0.1, 0.15) is 48.9 Å². The number of pyridine rings is 1. The van der Waals surface area contributed by atoms with Crippen molar-refractivity contribution in [2.75, 3.05) is 6.61 Å². The first kappa shape index (κ1) is 13.9. The molecule has 0 aliphatic rings. The Morgan fingerprint density at radius 2 is 2.16 bits per heavy atom. The zero-order chi connectivity index (χ0) is 13.8. The van der Waals surface area contributed by atoms with Crippen molar-refractivity contribution in [1.82, 2.24) is 14.6 Å². The first-order valence-electron chi connectivity index (χ1n) is 6.21. The van der Waals surface area contributed by atoms with Crippen LogP contribution in [0.3, 0.4) is 0 Å². The van der Waals surface area contributed by atoms with E-state index in [1.807, 2.05) is 20.8 Å². The minimum atomic E-state index is -0.759. The van der Waals surface area contributed by atoms with Gasteiger partial charge in [-0.25, -0.2) is 0 Å². The Bertz CT molecular complexity index is 542. The monoisotopic (exact) mass is 279 g/mol. The highest BCUT2D eigenvalue weighted by molar-refractivity contribution is 7.05. The summed E-state index contributed by atoms with van der Waals surface area (Å²) in [6.45, 7) is 6.54. The maximum atomic E-state index is 10.4. The number of hydrogen-bond acceptors (Lipinski definition) is 6. The smallest absolute Gasteiger partial charge is 0.137 e. The molecule has 1 unspecified atom stereocenters. The highest BCUT2D eigenvalue weighted by atomic mass is 32.1. The molecule has 0 aliphatic carbocycles. The Balaban J connectivity index is 2.30. The summed E-state index contributed by atoms with van der Waals surface area (Å²) in [4.78, 5) is 4.86. The molecule has 6 heteroatoms. The van der Waals surface area contributed by atoms with Crippen molar-refractivity contribution in [2.24, 2.45) is 0 Å². The lowest BCUT2D eigenvalue weighted by Crippen LogP contribution is -2.04. The average molecular weight is 279 g/mol. The summed E-state index contributed by atoms with van der Waals surface area (Å²) in [6, 6.07) is 1.80. The zero-order valence-corrected chi connectivity index (χ0v) is 12.0. The number of aliphatic hydroxyl groups excluding tert-OH is 1. The quantitative estimate of drug-likeness (QED) is 0.911. The molecule has 2 aromatic rings. The van der Waals surface area contributed by atoms with Crippen molar-refractivity contribution >= 4 is 11.5 Å². The molecule has 0 saturated heterocycles. The van der Waals surface area contributed by atoms with Crippen LogP contribution in [0.25, 0.3) is 0 Å². The first-order valence-corrected chi connectivity index (χ1v) is 6.98. The summed E-state index contributed by atoms with van der Waals surface area (Å²) in [5.41, 5.74) is 1.53. The van der Waals surface area contributed by atoms with Gasteiger partial charge in [-0.3, -0.25) is 4.98 Å². The van der Waals surface area contributed by atoms with Crippen molar-refractivity contribution in [3.05, 3.63) is 34.6 Å². The van der Waals surface area contributed by atoms with Gasteiger partial charge in [0, 0.05) is 11.8 Å². The van der Waals surface area contributed by atoms with Gasteiger partial charge in [-0.15, -0.1) is 5.10 Å². The highest BCUT2D eigenvalue weighted by Gasteiger charge is 2.21. The van der Waals surface area contributed by atoms with Crippen LogP contribution in [-0.4, -0.2) is 26.3 Å². The van der Waals surface area contributed by atoms with Crippen LogP contribution < -0.4 is 4.74 Å². The second-order valence-electron chi connectivity index (χ2n) is 4.47. The molecule has 0 spiro atoms. The maximum absolute atomic E-state index is 10.4. The van der Waals surface area contributed by atoms with Crippen LogP contribution in [0.4, 0.5) is 0 Å². The molecule has 102 valence electrons. The average Bonchev–Trinajstić information content (AvgIpc) is 2.88. The Hall–Kier alpha value is -1.53. The second-order valence-corrected chi connectivity index (χ2v) is 5.25. The minimum Gasteiger partial charge on any atom is -0.492 e. The van der Waals surface area contributed by atoms with Gasteiger partial charge in [-0.05, 0) is 30.4 Å². The standard InChI is InChI=1S/C13H17N3O2S/c1-4-18-10-5-9(6-14-7-10)12(17)13-11(8(2)3)15-16-19-13/h5-8,12,17H,4H2,1-3H3. The predicted octanol–water partition coefficient (Wildman–Crippen LogP) is 2.54. The van der Waals surface area contributed by atoms with E-state index in [0.717, 1.165) is 10.6 Å². The third-order valence-corrected chi connectivity index (χ3v) is 3.49. The van der Waals surface area contributed by atoms with Crippen LogP contribution >= 0.6 is 11.5 Å². The summed E-state index contributed by atoms with van der Waals surface area (Å²) in [7, 11) is 0. The van der Waals surface area contributed by atoms with E-state index in [1.54, 1.807) is 18.5 Å². The fourth-order valence-corrected chi connectivity index (χ4v) is 2.60. The second kappa shape index (κ2) is 6.08. The van der Waals surface area contributed by atoms with E-state index in [1.165, 1.54) is 11.5 Å². The third-order valence-electron chi connectivity index (χ3n) is 2.70. The van der Waals surface area contributed by atoms with Gasteiger partial charge < -0.3 is 9.84 Å². The van der Waals surface area contributed by atoms with Gasteiger partial charge >= 0.3 is 0 Å². The number of aromatic nitrogens is 3. The van der Waals surface area contributed by atoms with Gasteiger partial charge in [0.25, 0.3) is 0 Å². The largest absolute Gasteiger partial charge is 0.492 e. The molecule has 5 nitrogen and oxygen atoms in total. The zero-order valence-electron chi connectivity index (χ0n) is 11.2. The number of rotatable bonds is 5. The Morgan fingerprint density at radius 1 is 1.37 bits per heavy atom. The summed E-state index contributed by atoms with van der Waals surface area (Å²) in [5.74, 6) is 0.883. The highest BCUT2D eigenvalue weighted by Crippen LogP contribution is 2.31. The SMILES string of the molecule is CCOc1cncc(C(O)c2snnc2C(C)C)c1. The molecular formula is C13H17N3O2S. The van der Waals surface area contributed by atoms with E-state index >= 15 is 0 Å². The van der Waals surface area contributed by atoms with E-state index in [0.29, 0.717) is 17.9 Å². The summed E-state index contributed by atoms with van der Waals surface area (Å²) >= 11 is 1.22. The molecule has 0 amide bonds. The van der Waals surface area contributed by atoms with Crippen LogP contribution in [0, 0.1) is 0 Å². The van der Waals surface area contributed by atoms with Crippen LogP contribution in [0.15, 0.2) is 18.5 Å². The van der Waals surface area contributed by atoms with E-state index < -0.39 is 6.10 Å². The third kappa shape index (κ3) is 3.08. The summed E-state index contributed by atoms with van der Waals surface area (Å²) < 4.78 is 9.32. The van der Waals surface area contributed by atoms with Gasteiger partial charge in [0.05, 0.1) is 23.4 Å². The maximum Gasteiger partial charge on any atom is 0.137 e. The summed E-state index contributed by atoms with van der Waals surface area (Å²) in [6.07, 6.45) is 2.51. The van der Waals surface area contributed by atoms with Crippen molar-refractivity contribution in [3.63, 3.8) is 0 Å². The molecule has 0 aliphatic heterocycles. The Morgan fingerprint density at radius 3 is 2.84 bits per heavy atom. The Kier molecular flexibility index (Phi) is 4.44. The van der Waals surface area contributed by atoms with E-state index in [-0.39, 0.29) is 5.92 Å². The molecule has 1 atom stereocenters. The molecule has 0 radical (unpaired) electrons. The first-order chi connectivity index (χ1) is 9.13. The topological polar surface area (TPSA) is 68.1 Å². The van der Waals surface area contributed by atoms with Gasteiger partial charge in [0.1, 0.15) is 11.9 Å². The fraction of sp³-hybridized carbons (Fsp3) is 0.462. The van der Waals surface area contributed by atoms with Crippen molar-refractivity contribution in [2.45, 2.75) is 32.8 Å². The molecule has 2 rings (SSSR count). The number of hydrogen-bond donors (Lipinski definition) is 1. The molecule has 0 aromatic carbocycles. The van der Waals surface area contributed by atoms with Crippen LogP contribution in [0.5, 0.6) is 5.75 Å². The van der Waals surface area contributed by atoms with Crippen molar-refractivity contribution < 1.29 is 9.84 Å². The van der Waals surface area contributed by atoms with E-state index in [2.05, 4.69) is 14.6 Å². The molecular weight excluding hydrogens is 262 g/mol. The van der Waals surface area contributed by atoms with Gasteiger partial charge in [0.2, 0.25) is 0 Å². The minimum absolute atomic E-state index is 0.228. The Labute approximate surface area is 116 Å². The van der Waals surface area contributed by atoms with E-state index in [4.69, 9.17) is 4.74 Å². The lowest BCUT2D eigenvalue weighted by atomic mass is 10.0. The van der Waals surface area contributed by atoms with Crippen LogP contribution in [0.2, 0.25) is 0 Å². The van der Waals surface area contributed by atoms with Gasteiger partial charge in [0.15, 0.2) is 0 Å². The number of aliphatic hydroxyl groups is 1. The number of nitrogens with zero attached hydrogens (tertiary/aromatic N) is 3. The van der Waals surface area contributed by atoms with Crippen molar-refractivity contribution in [1.29, 1.82) is 0 Å². The normalized spacial score (nSPS) is 12.7. The predicted molar refractivity (Wildman–Crippen MR) is 73.5 cm³/mol. The molecule has 1 N–H and O–H groups in total. The van der Waals surface area contributed by atoms with Crippen molar-refractivity contribution in [3.8, 4) is 5.75 Å². The lowest BCUT2D eigenvalue weighted by Gasteiger charge is -2.12. The molecule has 2 aromatic heterocycles. The number of ether oxygens (including phenoxy) is 1. The molecule has 2 heterocycles. The van der Waals surface area contributed by atoms with E-state index in [9.17, 15) is 5.11 Å². The molecule has 19 heavy (non-hydrogen) atoms. The summed E-state index contributed by atoms with van der Waals surface area (Å²) in [5, 5.41) is 14.5. The molecule has 0 saturated carbocycles. The molecule has 0 bridgehead atoms. The lowest BCUT2D eigenvalue weighted by molar-refractivity contribution is 0.221. The van der Waals surface area contributed by atoms with Gasteiger partial charge in [-0.2, -0.15) is 0 Å².